The highest BCUT2D eigenvalue weighted by molar-refractivity contribution is 6.34. The van der Waals surface area contributed by atoms with Gasteiger partial charge in [0.15, 0.2) is 0 Å². The van der Waals surface area contributed by atoms with Crippen LogP contribution in [0, 0.1) is 6.92 Å². The van der Waals surface area contributed by atoms with Crippen molar-refractivity contribution in [3.8, 4) is 5.75 Å². The third-order valence-corrected chi connectivity index (χ3v) is 2.33. The van der Waals surface area contributed by atoms with E-state index in [4.69, 9.17) is 11.6 Å². The Bertz CT molecular complexity index is 459. The SMILES string of the molecule is Cc1cnc(Cl)c2c(O)cccc12. The van der Waals surface area contributed by atoms with Gasteiger partial charge in [0.05, 0.1) is 5.39 Å². The molecule has 0 unspecified atom stereocenters. The van der Waals surface area contributed by atoms with Crippen LogP contribution in [-0.2, 0) is 0 Å². The van der Waals surface area contributed by atoms with Crippen LogP contribution in [0.5, 0.6) is 5.75 Å². The molecule has 0 atom stereocenters. The number of nitrogens with zero attached hydrogens (tertiary/aromatic N) is 1. The summed E-state index contributed by atoms with van der Waals surface area (Å²) in [7, 11) is 0. The Balaban J connectivity index is 3.00. The first kappa shape index (κ1) is 8.32. The Labute approximate surface area is 80.8 Å². The third-order valence-electron chi connectivity index (χ3n) is 2.05. The van der Waals surface area contributed by atoms with Crippen LogP contribution in [0.15, 0.2) is 24.4 Å². The Morgan fingerprint density at radius 2 is 2.15 bits per heavy atom. The molecule has 0 aliphatic heterocycles. The van der Waals surface area contributed by atoms with Gasteiger partial charge >= 0.3 is 0 Å². The highest BCUT2D eigenvalue weighted by Gasteiger charge is 2.06. The van der Waals surface area contributed by atoms with E-state index in [1.54, 1.807) is 18.3 Å². The molecule has 1 heterocycles. The van der Waals surface area contributed by atoms with Gasteiger partial charge in [0, 0.05) is 6.20 Å². The molecule has 0 radical (unpaired) electrons. The minimum absolute atomic E-state index is 0.179. The zero-order valence-electron chi connectivity index (χ0n) is 7.08. The van der Waals surface area contributed by atoms with Gasteiger partial charge < -0.3 is 5.11 Å². The predicted octanol–water partition coefficient (Wildman–Crippen LogP) is 2.90. The molecule has 0 aliphatic carbocycles. The monoisotopic (exact) mass is 193 g/mol. The van der Waals surface area contributed by atoms with Crippen molar-refractivity contribution < 1.29 is 5.11 Å². The molecule has 1 aromatic heterocycles. The quantitative estimate of drug-likeness (QED) is 0.653. The first-order chi connectivity index (χ1) is 6.20. The molecule has 2 nitrogen and oxygen atoms in total. The standard InChI is InChI=1S/C10H8ClNO/c1-6-5-12-10(11)9-7(6)3-2-4-8(9)13/h2-5,13H,1H3. The highest BCUT2D eigenvalue weighted by atomic mass is 35.5. The average Bonchev–Trinajstić information content (AvgIpc) is 2.12. The molecule has 66 valence electrons. The number of halogens is 1. The maximum Gasteiger partial charge on any atom is 0.140 e. The zero-order chi connectivity index (χ0) is 9.42. The summed E-state index contributed by atoms with van der Waals surface area (Å²) in [6.07, 6.45) is 1.70. The lowest BCUT2D eigenvalue weighted by molar-refractivity contribution is 0.481. The van der Waals surface area contributed by atoms with Gasteiger partial charge in [0.1, 0.15) is 10.9 Å². The molecule has 2 rings (SSSR count). The summed E-state index contributed by atoms with van der Waals surface area (Å²) in [6, 6.07) is 5.31. The minimum atomic E-state index is 0.179. The average molecular weight is 194 g/mol. The second kappa shape index (κ2) is 2.89. The van der Waals surface area contributed by atoms with Crippen molar-refractivity contribution in [3.63, 3.8) is 0 Å². The number of hydrogen-bond acceptors (Lipinski definition) is 2. The summed E-state index contributed by atoms with van der Waals surface area (Å²) in [5, 5.41) is 11.5. The fourth-order valence-electron chi connectivity index (χ4n) is 1.37. The van der Waals surface area contributed by atoms with E-state index >= 15 is 0 Å². The summed E-state index contributed by atoms with van der Waals surface area (Å²) in [6.45, 7) is 1.94. The number of pyridine rings is 1. The van der Waals surface area contributed by atoms with E-state index in [1.165, 1.54) is 0 Å². The number of aromatic hydroxyl groups is 1. The van der Waals surface area contributed by atoms with Gasteiger partial charge in [-0.25, -0.2) is 4.98 Å². The fraction of sp³-hybridized carbons (Fsp3) is 0.100. The molecule has 0 saturated heterocycles. The number of aromatic nitrogens is 1. The van der Waals surface area contributed by atoms with Crippen molar-refractivity contribution in [3.05, 3.63) is 35.1 Å². The van der Waals surface area contributed by atoms with Gasteiger partial charge in [-0.15, -0.1) is 0 Å². The second-order valence-electron chi connectivity index (χ2n) is 2.93. The van der Waals surface area contributed by atoms with Crippen LogP contribution < -0.4 is 0 Å². The largest absolute Gasteiger partial charge is 0.507 e. The number of phenols is 1. The Morgan fingerprint density at radius 1 is 1.38 bits per heavy atom. The molecule has 0 amide bonds. The topological polar surface area (TPSA) is 33.1 Å². The fourth-order valence-corrected chi connectivity index (χ4v) is 1.62. The van der Waals surface area contributed by atoms with E-state index in [9.17, 15) is 5.11 Å². The molecule has 0 bridgehead atoms. The summed E-state index contributed by atoms with van der Waals surface area (Å²) in [4.78, 5) is 3.97. The number of benzene rings is 1. The highest BCUT2D eigenvalue weighted by Crippen LogP contribution is 2.31. The third kappa shape index (κ3) is 1.23. The summed E-state index contributed by atoms with van der Waals surface area (Å²) >= 11 is 5.86. The van der Waals surface area contributed by atoms with Gasteiger partial charge in [-0.1, -0.05) is 23.7 Å². The van der Waals surface area contributed by atoms with E-state index in [0.29, 0.717) is 10.5 Å². The molecule has 1 aromatic carbocycles. The van der Waals surface area contributed by atoms with Crippen LogP contribution in [0.1, 0.15) is 5.56 Å². The van der Waals surface area contributed by atoms with E-state index in [-0.39, 0.29) is 5.75 Å². The predicted molar refractivity (Wildman–Crippen MR) is 53.2 cm³/mol. The molecule has 0 aliphatic rings. The maximum atomic E-state index is 9.55. The molecule has 2 aromatic rings. The molecule has 0 fully saturated rings. The van der Waals surface area contributed by atoms with Crippen LogP contribution in [0.25, 0.3) is 10.8 Å². The number of rotatable bonds is 0. The zero-order valence-corrected chi connectivity index (χ0v) is 7.84. The van der Waals surface area contributed by atoms with E-state index < -0.39 is 0 Å². The molecule has 0 saturated carbocycles. The van der Waals surface area contributed by atoms with E-state index in [0.717, 1.165) is 10.9 Å². The van der Waals surface area contributed by atoms with Crippen molar-refractivity contribution in [2.24, 2.45) is 0 Å². The Kier molecular flexibility index (Phi) is 1.85. The van der Waals surface area contributed by atoms with Crippen molar-refractivity contribution in [1.82, 2.24) is 4.98 Å². The smallest absolute Gasteiger partial charge is 0.140 e. The minimum Gasteiger partial charge on any atom is -0.507 e. The number of hydrogen-bond donors (Lipinski definition) is 1. The van der Waals surface area contributed by atoms with Crippen LogP contribution in [-0.4, -0.2) is 10.1 Å². The van der Waals surface area contributed by atoms with Crippen LogP contribution in [0.3, 0.4) is 0 Å². The van der Waals surface area contributed by atoms with E-state index in [2.05, 4.69) is 4.98 Å². The molecular formula is C10H8ClNO. The lowest BCUT2D eigenvalue weighted by atomic mass is 10.1. The van der Waals surface area contributed by atoms with Gasteiger partial charge in [-0.2, -0.15) is 0 Å². The lowest BCUT2D eigenvalue weighted by Gasteiger charge is -2.04. The first-order valence-corrected chi connectivity index (χ1v) is 4.31. The number of phenolic OH excluding ortho intramolecular Hbond substituents is 1. The summed E-state index contributed by atoms with van der Waals surface area (Å²) < 4.78 is 0. The second-order valence-corrected chi connectivity index (χ2v) is 3.29. The van der Waals surface area contributed by atoms with Crippen molar-refractivity contribution in [2.45, 2.75) is 6.92 Å². The molecule has 1 N–H and O–H groups in total. The van der Waals surface area contributed by atoms with Crippen molar-refractivity contribution >= 4 is 22.4 Å². The van der Waals surface area contributed by atoms with Gasteiger partial charge in [0.25, 0.3) is 0 Å². The Morgan fingerprint density at radius 3 is 2.85 bits per heavy atom. The van der Waals surface area contributed by atoms with Gasteiger partial charge in [-0.3, -0.25) is 0 Å². The Hall–Kier alpha value is -1.28. The van der Waals surface area contributed by atoms with Crippen molar-refractivity contribution in [2.75, 3.05) is 0 Å². The maximum absolute atomic E-state index is 9.55. The number of fused-ring (bicyclic) bond motifs is 1. The van der Waals surface area contributed by atoms with Gasteiger partial charge in [-0.05, 0) is 23.9 Å². The van der Waals surface area contributed by atoms with Crippen LogP contribution in [0.2, 0.25) is 5.15 Å². The summed E-state index contributed by atoms with van der Waals surface area (Å²) in [5.74, 6) is 0.179. The number of aryl methyl sites for hydroxylation is 1. The van der Waals surface area contributed by atoms with Crippen molar-refractivity contribution in [1.29, 1.82) is 0 Å². The normalized spacial score (nSPS) is 10.6. The molecular weight excluding hydrogens is 186 g/mol. The molecule has 13 heavy (non-hydrogen) atoms. The first-order valence-electron chi connectivity index (χ1n) is 3.93. The molecule has 3 heteroatoms. The molecule has 0 spiro atoms. The van der Waals surface area contributed by atoms with E-state index in [1.807, 2.05) is 13.0 Å². The van der Waals surface area contributed by atoms with Crippen LogP contribution in [0.4, 0.5) is 0 Å². The van der Waals surface area contributed by atoms with Gasteiger partial charge in [0.2, 0.25) is 0 Å². The lowest BCUT2D eigenvalue weighted by Crippen LogP contribution is -1.83. The summed E-state index contributed by atoms with van der Waals surface area (Å²) in [5.41, 5.74) is 1.01. The van der Waals surface area contributed by atoms with Crippen LogP contribution >= 0.6 is 11.6 Å².